The van der Waals surface area contributed by atoms with Crippen molar-refractivity contribution in [2.24, 2.45) is 0 Å². The van der Waals surface area contributed by atoms with Crippen LogP contribution in [0.3, 0.4) is 0 Å². The molecule has 0 radical (unpaired) electrons. The van der Waals surface area contributed by atoms with Crippen LogP contribution in [-0.2, 0) is 11.3 Å². The topological polar surface area (TPSA) is 103 Å². The van der Waals surface area contributed by atoms with Gasteiger partial charge in [0.05, 0.1) is 13.7 Å². The Kier molecular flexibility index (Phi) is 6.85. The molecule has 0 bridgehead atoms. The Morgan fingerprint density at radius 2 is 1.93 bits per heavy atom. The lowest BCUT2D eigenvalue weighted by Crippen LogP contribution is -2.36. The summed E-state index contributed by atoms with van der Waals surface area (Å²) in [6, 6.07) is 13.8. The molecule has 0 fully saturated rings. The van der Waals surface area contributed by atoms with E-state index in [0.717, 1.165) is 5.56 Å². The summed E-state index contributed by atoms with van der Waals surface area (Å²) in [5.74, 6) is 1.05. The molecule has 29 heavy (non-hydrogen) atoms. The second-order valence-electron chi connectivity index (χ2n) is 5.85. The van der Waals surface area contributed by atoms with Gasteiger partial charge in [0.15, 0.2) is 10.4 Å². The average molecular weight is 460 g/mol. The zero-order valence-electron chi connectivity index (χ0n) is 15.5. The second-order valence-corrected chi connectivity index (χ2v) is 6.63. The van der Waals surface area contributed by atoms with Gasteiger partial charge in [-0.2, -0.15) is 0 Å². The van der Waals surface area contributed by atoms with Gasteiger partial charge in [0, 0.05) is 24.9 Å². The third-order valence-corrected chi connectivity index (χ3v) is 4.18. The first-order chi connectivity index (χ1) is 14.0. The SMILES string of the molecule is COc1cccc(Oc2ccc(CNC(=O)CNC(=O)c3ccc(Br)o3)cn2)c1. The van der Waals surface area contributed by atoms with E-state index in [0.29, 0.717) is 22.0 Å². The van der Waals surface area contributed by atoms with Crippen LogP contribution < -0.4 is 20.1 Å². The van der Waals surface area contributed by atoms with Crippen LogP contribution in [0.2, 0.25) is 0 Å². The Morgan fingerprint density at radius 1 is 1.10 bits per heavy atom. The van der Waals surface area contributed by atoms with Crippen LogP contribution in [0, 0.1) is 0 Å². The first kappa shape index (κ1) is 20.4. The second kappa shape index (κ2) is 9.74. The van der Waals surface area contributed by atoms with Gasteiger partial charge in [0.1, 0.15) is 11.5 Å². The number of halogens is 1. The highest BCUT2D eigenvalue weighted by Gasteiger charge is 2.11. The fraction of sp³-hybridized carbons (Fsp3) is 0.150. The van der Waals surface area contributed by atoms with E-state index in [1.54, 1.807) is 43.6 Å². The molecule has 0 atom stereocenters. The molecule has 2 N–H and O–H groups in total. The van der Waals surface area contributed by atoms with E-state index in [1.165, 1.54) is 6.07 Å². The normalized spacial score (nSPS) is 10.3. The lowest BCUT2D eigenvalue weighted by molar-refractivity contribution is -0.120. The first-order valence-electron chi connectivity index (χ1n) is 8.60. The number of amides is 2. The largest absolute Gasteiger partial charge is 0.497 e. The number of methoxy groups -OCH3 is 1. The van der Waals surface area contributed by atoms with Crippen LogP contribution in [0.1, 0.15) is 16.1 Å². The molecule has 0 spiro atoms. The number of ether oxygens (including phenoxy) is 2. The molecule has 0 aliphatic heterocycles. The van der Waals surface area contributed by atoms with Crippen molar-refractivity contribution in [2.45, 2.75) is 6.54 Å². The van der Waals surface area contributed by atoms with E-state index in [2.05, 4.69) is 31.5 Å². The van der Waals surface area contributed by atoms with E-state index >= 15 is 0 Å². The van der Waals surface area contributed by atoms with E-state index in [1.807, 2.05) is 12.1 Å². The first-order valence-corrected chi connectivity index (χ1v) is 9.40. The summed E-state index contributed by atoms with van der Waals surface area (Å²) in [4.78, 5) is 28.0. The predicted molar refractivity (Wildman–Crippen MR) is 108 cm³/mol. The Hall–Kier alpha value is -3.33. The molecule has 0 saturated carbocycles. The molecule has 3 aromatic rings. The maximum Gasteiger partial charge on any atom is 0.287 e. The summed E-state index contributed by atoms with van der Waals surface area (Å²) in [6.45, 7) is 0.106. The minimum atomic E-state index is -0.466. The molecule has 9 heteroatoms. The van der Waals surface area contributed by atoms with Crippen LogP contribution >= 0.6 is 15.9 Å². The zero-order chi connectivity index (χ0) is 20.6. The van der Waals surface area contributed by atoms with Crippen molar-refractivity contribution < 1.29 is 23.5 Å². The number of carbonyl (C=O) groups is 2. The molecule has 8 nitrogen and oxygen atoms in total. The van der Waals surface area contributed by atoms with E-state index in [4.69, 9.17) is 13.9 Å². The van der Waals surface area contributed by atoms with Crippen molar-refractivity contribution in [3.63, 3.8) is 0 Å². The molecular weight excluding hydrogens is 442 g/mol. The number of furan rings is 1. The Balaban J connectivity index is 1.44. The van der Waals surface area contributed by atoms with Crippen molar-refractivity contribution in [3.8, 4) is 17.4 Å². The van der Waals surface area contributed by atoms with Gasteiger partial charge < -0.3 is 24.5 Å². The minimum Gasteiger partial charge on any atom is -0.497 e. The van der Waals surface area contributed by atoms with Gasteiger partial charge in [-0.1, -0.05) is 12.1 Å². The summed E-state index contributed by atoms with van der Waals surface area (Å²) < 4.78 is 16.4. The molecule has 0 unspecified atom stereocenters. The highest BCUT2D eigenvalue weighted by Crippen LogP contribution is 2.23. The van der Waals surface area contributed by atoms with Gasteiger partial charge in [-0.05, 0) is 45.8 Å². The number of benzene rings is 1. The van der Waals surface area contributed by atoms with Gasteiger partial charge in [-0.15, -0.1) is 0 Å². The number of aromatic nitrogens is 1. The van der Waals surface area contributed by atoms with E-state index in [-0.39, 0.29) is 24.8 Å². The molecule has 2 amide bonds. The molecular formula is C20H18BrN3O5. The quantitative estimate of drug-likeness (QED) is 0.535. The fourth-order valence-corrected chi connectivity index (χ4v) is 2.61. The number of hydrogen-bond donors (Lipinski definition) is 2. The lowest BCUT2D eigenvalue weighted by Gasteiger charge is -2.08. The molecule has 2 aromatic heterocycles. The number of hydrogen-bond acceptors (Lipinski definition) is 6. The van der Waals surface area contributed by atoms with Crippen molar-refractivity contribution >= 4 is 27.7 Å². The standard InChI is InChI=1S/C20H18BrN3O5/c1-27-14-3-2-4-15(9-14)28-19-8-5-13(11-23-19)10-22-18(25)12-24-20(26)16-6-7-17(21)29-16/h2-9,11H,10,12H2,1H3,(H,22,25)(H,24,26). The predicted octanol–water partition coefficient (Wildman–Crippen LogP) is 3.28. The van der Waals surface area contributed by atoms with Gasteiger partial charge in [0.2, 0.25) is 11.8 Å². The van der Waals surface area contributed by atoms with Crippen molar-refractivity contribution in [1.29, 1.82) is 0 Å². The highest BCUT2D eigenvalue weighted by atomic mass is 79.9. The molecule has 150 valence electrons. The summed E-state index contributed by atoms with van der Waals surface area (Å²) in [5, 5.41) is 5.19. The molecule has 2 heterocycles. The molecule has 1 aromatic carbocycles. The van der Waals surface area contributed by atoms with E-state index in [9.17, 15) is 9.59 Å². The monoisotopic (exact) mass is 459 g/mol. The zero-order valence-corrected chi connectivity index (χ0v) is 17.1. The Labute approximate surface area is 175 Å². The number of pyridine rings is 1. The van der Waals surface area contributed by atoms with Crippen LogP contribution in [0.15, 0.2) is 63.8 Å². The number of nitrogens with zero attached hydrogens (tertiary/aromatic N) is 1. The Morgan fingerprint density at radius 3 is 2.62 bits per heavy atom. The van der Waals surface area contributed by atoms with Crippen molar-refractivity contribution in [3.05, 3.63) is 70.7 Å². The van der Waals surface area contributed by atoms with Crippen LogP contribution in [0.25, 0.3) is 0 Å². The molecule has 0 saturated heterocycles. The number of carbonyl (C=O) groups excluding carboxylic acids is 2. The van der Waals surface area contributed by atoms with Gasteiger partial charge >= 0.3 is 0 Å². The van der Waals surface area contributed by atoms with Crippen LogP contribution in [0.5, 0.6) is 17.4 Å². The summed E-state index contributed by atoms with van der Waals surface area (Å²) >= 11 is 3.11. The highest BCUT2D eigenvalue weighted by molar-refractivity contribution is 9.10. The summed E-state index contributed by atoms with van der Waals surface area (Å²) in [5.41, 5.74) is 0.789. The Bertz CT molecular complexity index is 988. The van der Waals surface area contributed by atoms with Gasteiger partial charge in [-0.25, -0.2) is 4.98 Å². The van der Waals surface area contributed by atoms with Gasteiger partial charge in [-0.3, -0.25) is 9.59 Å². The smallest absolute Gasteiger partial charge is 0.287 e. The fourth-order valence-electron chi connectivity index (χ4n) is 2.31. The number of rotatable bonds is 8. The molecule has 0 aliphatic rings. The maximum atomic E-state index is 11.9. The van der Waals surface area contributed by atoms with Crippen molar-refractivity contribution in [1.82, 2.24) is 15.6 Å². The van der Waals surface area contributed by atoms with Crippen LogP contribution in [-0.4, -0.2) is 30.5 Å². The molecule has 3 rings (SSSR count). The maximum absolute atomic E-state index is 11.9. The van der Waals surface area contributed by atoms with E-state index < -0.39 is 5.91 Å². The third kappa shape index (κ3) is 6.08. The summed E-state index contributed by atoms with van der Waals surface area (Å²) in [7, 11) is 1.59. The van der Waals surface area contributed by atoms with Crippen molar-refractivity contribution in [2.75, 3.05) is 13.7 Å². The third-order valence-electron chi connectivity index (χ3n) is 3.76. The van der Waals surface area contributed by atoms with Gasteiger partial charge in [0.25, 0.3) is 5.91 Å². The lowest BCUT2D eigenvalue weighted by atomic mass is 10.3. The number of nitrogens with one attached hydrogen (secondary N) is 2. The van der Waals surface area contributed by atoms with Crippen LogP contribution in [0.4, 0.5) is 0 Å². The molecule has 0 aliphatic carbocycles. The average Bonchev–Trinajstić information content (AvgIpc) is 3.18. The summed E-state index contributed by atoms with van der Waals surface area (Å²) in [6.07, 6.45) is 1.61. The minimum absolute atomic E-state index is 0.125.